The molecule has 0 unspecified atom stereocenters. The minimum Gasteiger partial charge on any atom is -0.272 e. The predicted octanol–water partition coefficient (Wildman–Crippen LogP) is 1.33. The zero-order valence-electron chi connectivity index (χ0n) is 10.8. The molecule has 5 nitrogen and oxygen atoms in total. The summed E-state index contributed by atoms with van der Waals surface area (Å²) in [7, 11) is -3.01. The molecule has 6 heteroatoms. The van der Waals surface area contributed by atoms with E-state index in [1.54, 1.807) is 10.5 Å². The van der Waals surface area contributed by atoms with Crippen LogP contribution in [0.1, 0.15) is 26.2 Å². The summed E-state index contributed by atoms with van der Waals surface area (Å²) in [6.45, 7) is 4.12. The van der Waals surface area contributed by atoms with Gasteiger partial charge in [0.1, 0.15) is 0 Å². The first-order valence-electron chi connectivity index (χ1n) is 6.57. The average Bonchev–Trinajstić information content (AvgIpc) is 2.82. The zero-order valence-corrected chi connectivity index (χ0v) is 11.6. The zero-order chi connectivity index (χ0) is 13.0. The van der Waals surface area contributed by atoms with Gasteiger partial charge in [0.15, 0.2) is 0 Å². The van der Waals surface area contributed by atoms with Gasteiger partial charge in [0.2, 0.25) is 10.0 Å². The van der Waals surface area contributed by atoms with Crippen LogP contribution < -0.4 is 0 Å². The van der Waals surface area contributed by atoms with Gasteiger partial charge in [0.25, 0.3) is 0 Å². The van der Waals surface area contributed by atoms with Crippen molar-refractivity contribution in [2.24, 2.45) is 5.92 Å². The summed E-state index contributed by atoms with van der Waals surface area (Å²) in [5, 5.41) is 4.19. The molecule has 0 spiro atoms. The third-order valence-corrected chi connectivity index (χ3v) is 5.51. The monoisotopic (exact) mass is 271 g/mol. The topological polar surface area (TPSA) is 55.2 Å². The van der Waals surface area contributed by atoms with E-state index in [4.69, 9.17) is 0 Å². The second-order valence-electron chi connectivity index (χ2n) is 4.89. The number of hydrogen-bond acceptors (Lipinski definition) is 3. The van der Waals surface area contributed by atoms with Crippen molar-refractivity contribution in [3.8, 4) is 0 Å². The fourth-order valence-corrected chi connectivity index (χ4v) is 3.97. The van der Waals surface area contributed by atoms with E-state index in [0.717, 1.165) is 19.4 Å². The van der Waals surface area contributed by atoms with E-state index in [9.17, 15) is 8.42 Å². The largest absolute Gasteiger partial charge is 0.272 e. The van der Waals surface area contributed by atoms with Gasteiger partial charge >= 0.3 is 0 Å². The van der Waals surface area contributed by atoms with Gasteiger partial charge in [-0.05, 0) is 31.2 Å². The van der Waals surface area contributed by atoms with E-state index >= 15 is 0 Å². The van der Waals surface area contributed by atoms with Crippen LogP contribution in [-0.2, 0) is 16.6 Å². The molecule has 1 aromatic rings. The van der Waals surface area contributed by atoms with Crippen molar-refractivity contribution in [3.63, 3.8) is 0 Å². The molecule has 1 aromatic heterocycles. The summed E-state index contributed by atoms with van der Waals surface area (Å²) in [6, 6.07) is 1.92. The molecule has 0 N–H and O–H groups in total. The van der Waals surface area contributed by atoms with Gasteiger partial charge in [-0.1, -0.05) is 6.92 Å². The Balaban J connectivity index is 1.84. The fraction of sp³-hybridized carbons (Fsp3) is 0.750. The molecule has 1 saturated heterocycles. The van der Waals surface area contributed by atoms with E-state index in [1.807, 2.05) is 23.9 Å². The van der Waals surface area contributed by atoms with E-state index < -0.39 is 10.0 Å². The van der Waals surface area contributed by atoms with Crippen LogP contribution in [0.15, 0.2) is 18.5 Å². The van der Waals surface area contributed by atoms with Crippen molar-refractivity contribution in [1.29, 1.82) is 0 Å². The predicted molar refractivity (Wildman–Crippen MR) is 70.6 cm³/mol. The maximum Gasteiger partial charge on any atom is 0.214 e. The van der Waals surface area contributed by atoms with Crippen LogP contribution in [-0.4, -0.2) is 41.3 Å². The maximum absolute atomic E-state index is 11.9. The first kappa shape index (κ1) is 13.5. The maximum atomic E-state index is 11.9. The highest BCUT2D eigenvalue weighted by Crippen LogP contribution is 2.21. The Labute approximate surface area is 109 Å². The molecule has 0 atom stereocenters. The van der Waals surface area contributed by atoms with Crippen molar-refractivity contribution in [2.45, 2.75) is 32.7 Å². The number of piperidine rings is 1. The van der Waals surface area contributed by atoms with Crippen molar-refractivity contribution in [2.75, 3.05) is 18.8 Å². The van der Waals surface area contributed by atoms with Crippen LogP contribution in [0.2, 0.25) is 0 Å². The Hall–Kier alpha value is -0.880. The van der Waals surface area contributed by atoms with Gasteiger partial charge in [0.05, 0.1) is 5.75 Å². The van der Waals surface area contributed by atoms with Gasteiger partial charge in [-0.25, -0.2) is 12.7 Å². The molecule has 0 saturated carbocycles. The molecule has 2 rings (SSSR count). The first-order chi connectivity index (χ1) is 8.62. The molecule has 0 bridgehead atoms. The van der Waals surface area contributed by atoms with Crippen LogP contribution in [0, 0.1) is 5.92 Å². The Bertz CT molecular complexity index is 448. The summed E-state index contributed by atoms with van der Waals surface area (Å²) in [6.07, 6.45) is 6.29. The Kier molecular flexibility index (Phi) is 4.40. The van der Waals surface area contributed by atoms with Crippen molar-refractivity contribution < 1.29 is 8.42 Å². The second kappa shape index (κ2) is 5.84. The highest BCUT2D eigenvalue weighted by atomic mass is 32.2. The standard InChI is InChI=1S/C12H21N3O2S/c1-2-10-18(16,17)15-8-4-12(5-9-15)11-14-7-3-6-13-14/h3,6-7,12H,2,4-5,8-11H2,1H3. The molecule has 1 aliphatic heterocycles. The van der Waals surface area contributed by atoms with Gasteiger partial charge < -0.3 is 0 Å². The third kappa shape index (κ3) is 3.32. The molecule has 0 aliphatic carbocycles. The van der Waals surface area contributed by atoms with Crippen LogP contribution in [0.3, 0.4) is 0 Å². The van der Waals surface area contributed by atoms with E-state index in [1.165, 1.54) is 0 Å². The average molecular weight is 271 g/mol. The van der Waals surface area contributed by atoms with Crippen LogP contribution in [0.25, 0.3) is 0 Å². The fourth-order valence-electron chi connectivity index (χ4n) is 2.43. The summed E-state index contributed by atoms with van der Waals surface area (Å²) in [4.78, 5) is 0. The number of rotatable bonds is 5. The molecular formula is C12H21N3O2S. The van der Waals surface area contributed by atoms with Crippen LogP contribution >= 0.6 is 0 Å². The van der Waals surface area contributed by atoms with Crippen LogP contribution in [0.5, 0.6) is 0 Å². The highest BCUT2D eigenvalue weighted by Gasteiger charge is 2.27. The van der Waals surface area contributed by atoms with Crippen LogP contribution in [0.4, 0.5) is 0 Å². The number of aromatic nitrogens is 2. The molecule has 1 aliphatic rings. The molecule has 18 heavy (non-hydrogen) atoms. The smallest absolute Gasteiger partial charge is 0.214 e. The molecule has 102 valence electrons. The van der Waals surface area contributed by atoms with Crippen molar-refractivity contribution in [1.82, 2.24) is 14.1 Å². The van der Waals surface area contributed by atoms with E-state index in [-0.39, 0.29) is 5.75 Å². The third-order valence-electron chi connectivity index (χ3n) is 3.43. The summed E-state index contributed by atoms with van der Waals surface area (Å²) >= 11 is 0. The molecular weight excluding hydrogens is 250 g/mol. The molecule has 1 fully saturated rings. The summed E-state index contributed by atoms with van der Waals surface area (Å²) in [5.74, 6) is 0.814. The normalized spacial score (nSPS) is 19.2. The summed E-state index contributed by atoms with van der Waals surface area (Å²) in [5.41, 5.74) is 0. The minimum atomic E-state index is -3.01. The lowest BCUT2D eigenvalue weighted by Crippen LogP contribution is -2.40. The first-order valence-corrected chi connectivity index (χ1v) is 8.18. The lowest BCUT2D eigenvalue weighted by Gasteiger charge is -2.31. The number of hydrogen-bond donors (Lipinski definition) is 0. The Morgan fingerprint density at radius 1 is 1.33 bits per heavy atom. The van der Waals surface area contributed by atoms with E-state index in [0.29, 0.717) is 25.4 Å². The van der Waals surface area contributed by atoms with Gasteiger partial charge in [-0.3, -0.25) is 4.68 Å². The number of sulfonamides is 1. The number of nitrogens with zero attached hydrogens (tertiary/aromatic N) is 3. The van der Waals surface area contributed by atoms with Crippen molar-refractivity contribution >= 4 is 10.0 Å². The lowest BCUT2D eigenvalue weighted by molar-refractivity contribution is 0.247. The second-order valence-corrected chi connectivity index (χ2v) is 6.98. The van der Waals surface area contributed by atoms with Gasteiger partial charge in [-0.2, -0.15) is 5.10 Å². The minimum absolute atomic E-state index is 0.275. The molecule has 0 radical (unpaired) electrons. The van der Waals surface area contributed by atoms with Gasteiger partial charge in [-0.15, -0.1) is 0 Å². The highest BCUT2D eigenvalue weighted by molar-refractivity contribution is 7.89. The van der Waals surface area contributed by atoms with Gasteiger partial charge in [0, 0.05) is 32.0 Å². The van der Waals surface area contributed by atoms with Crippen molar-refractivity contribution in [3.05, 3.63) is 18.5 Å². The Morgan fingerprint density at radius 2 is 2.06 bits per heavy atom. The molecule has 2 heterocycles. The SMILES string of the molecule is CCCS(=O)(=O)N1CCC(Cn2cccn2)CC1. The Morgan fingerprint density at radius 3 is 2.61 bits per heavy atom. The summed E-state index contributed by atoms with van der Waals surface area (Å²) < 4.78 is 27.4. The quantitative estimate of drug-likeness (QED) is 0.812. The lowest BCUT2D eigenvalue weighted by atomic mass is 9.98. The van der Waals surface area contributed by atoms with E-state index in [2.05, 4.69) is 5.10 Å². The molecule has 0 amide bonds. The molecule has 0 aromatic carbocycles.